The van der Waals surface area contributed by atoms with E-state index in [0.717, 1.165) is 6.42 Å². The zero-order valence-electron chi connectivity index (χ0n) is 6.86. The van der Waals surface area contributed by atoms with Crippen LogP contribution < -0.4 is 0 Å². The minimum atomic E-state index is -0.613. The van der Waals surface area contributed by atoms with Crippen molar-refractivity contribution >= 4 is 15.9 Å². The lowest BCUT2D eigenvalue weighted by Gasteiger charge is -2.22. The van der Waals surface area contributed by atoms with Gasteiger partial charge in [0.1, 0.15) is 6.17 Å². The molecule has 0 N–H and O–H groups in total. The molecule has 0 aliphatic heterocycles. The van der Waals surface area contributed by atoms with Gasteiger partial charge in [-0.25, -0.2) is 4.39 Å². The molecular formula is C9H16BrF. The van der Waals surface area contributed by atoms with Crippen molar-refractivity contribution in [1.82, 2.24) is 0 Å². The van der Waals surface area contributed by atoms with E-state index in [0.29, 0.717) is 11.2 Å². The van der Waals surface area contributed by atoms with Crippen molar-refractivity contribution < 1.29 is 4.39 Å². The Labute approximate surface area is 76.7 Å². The van der Waals surface area contributed by atoms with E-state index in [1.807, 2.05) is 0 Å². The molecule has 2 heteroatoms. The maximum Gasteiger partial charge on any atom is 0.110 e. The number of hydrogen-bond donors (Lipinski definition) is 0. The van der Waals surface area contributed by atoms with Gasteiger partial charge in [0.05, 0.1) is 0 Å². The van der Waals surface area contributed by atoms with Crippen LogP contribution >= 0.6 is 15.9 Å². The van der Waals surface area contributed by atoms with Gasteiger partial charge in [-0.05, 0) is 12.3 Å². The van der Waals surface area contributed by atoms with Gasteiger partial charge in [0.15, 0.2) is 0 Å². The number of rotatable bonds is 3. The van der Waals surface area contributed by atoms with Crippen molar-refractivity contribution in [3.63, 3.8) is 0 Å². The molecular weight excluding hydrogens is 207 g/mol. The number of halogens is 2. The molecule has 0 aromatic heterocycles. The summed E-state index contributed by atoms with van der Waals surface area (Å²) in [7, 11) is 0. The van der Waals surface area contributed by atoms with E-state index in [2.05, 4.69) is 15.9 Å². The summed E-state index contributed by atoms with van der Waals surface area (Å²) in [5, 5.41) is 0.517. The van der Waals surface area contributed by atoms with Crippen molar-refractivity contribution in [2.75, 3.05) is 5.33 Å². The highest BCUT2D eigenvalue weighted by Gasteiger charge is 2.17. The van der Waals surface area contributed by atoms with Crippen LogP contribution in [-0.2, 0) is 0 Å². The Bertz CT molecular complexity index is 99.7. The third-order valence-corrected chi connectivity index (χ3v) is 3.18. The summed E-state index contributed by atoms with van der Waals surface area (Å²) in [6.45, 7) is 0. The Balaban J connectivity index is 2.13. The maximum atomic E-state index is 12.9. The van der Waals surface area contributed by atoms with Crippen molar-refractivity contribution in [3.8, 4) is 0 Å². The summed E-state index contributed by atoms with van der Waals surface area (Å²) in [5.74, 6) is 0.677. The van der Waals surface area contributed by atoms with E-state index >= 15 is 0 Å². The Kier molecular flexibility index (Phi) is 4.43. The van der Waals surface area contributed by atoms with E-state index in [1.54, 1.807) is 0 Å². The van der Waals surface area contributed by atoms with Crippen molar-refractivity contribution in [3.05, 3.63) is 0 Å². The second kappa shape index (κ2) is 5.13. The first-order chi connectivity index (χ1) is 5.33. The molecule has 1 rings (SSSR count). The van der Waals surface area contributed by atoms with Crippen molar-refractivity contribution in [1.29, 1.82) is 0 Å². The summed E-state index contributed by atoms with van der Waals surface area (Å²) in [6.07, 6.45) is 6.69. The third kappa shape index (κ3) is 3.55. The molecule has 0 aromatic rings. The van der Waals surface area contributed by atoms with Gasteiger partial charge in [-0.3, -0.25) is 0 Å². The highest BCUT2D eigenvalue weighted by molar-refractivity contribution is 9.09. The standard InChI is InChI=1S/C9H16BrF/c10-7-9(11)6-8-4-2-1-3-5-8/h8-9H,1-7H2/t9-/m1/s1. The Morgan fingerprint density at radius 2 is 1.91 bits per heavy atom. The van der Waals surface area contributed by atoms with Crippen LogP contribution in [0, 0.1) is 5.92 Å². The average Bonchev–Trinajstić information content (AvgIpc) is 2.06. The molecule has 0 heterocycles. The van der Waals surface area contributed by atoms with Gasteiger partial charge in [0.25, 0.3) is 0 Å². The van der Waals surface area contributed by atoms with Crippen LogP contribution in [0.3, 0.4) is 0 Å². The van der Waals surface area contributed by atoms with E-state index < -0.39 is 6.17 Å². The molecule has 0 bridgehead atoms. The Morgan fingerprint density at radius 1 is 1.27 bits per heavy atom. The lowest BCUT2D eigenvalue weighted by Crippen LogP contribution is -2.13. The van der Waals surface area contributed by atoms with E-state index in [4.69, 9.17) is 0 Å². The zero-order valence-corrected chi connectivity index (χ0v) is 8.45. The Hall–Kier alpha value is 0.410. The molecule has 0 amide bonds. The van der Waals surface area contributed by atoms with Crippen LogP contribution in [0.25, 0.3) is 0 Å². The average molecular weight is 223 g/mol. The topological polar surface area (TPSA) is 0 Å². The summed E-state index contributed by atoms with van der Waals surface area (Å²) < 4.78 is 12.9. The maximum absolute atomic E-state index is 12.9. The second-order valence-corrected chi connectivity index (χ2v) is 4.14. The van der Waals surface area contributed by atoms with Crippen LogP contribution in [0.1, 0.15) is 38.5 Å². The molecule has 66 valence electrons. The quantitative estimate of drug-likeness (QED) is 0.640. The molecule has 1 aliphatic carbocycles. The van der Waals surface area contributed by atoms with Gasteiger partial charge in [-0.2, -0.15) is 0 Å². The second-order valence-electron chi connectivity index (χ2n) is 3.49. The highest BCUT2D eigenvalue weighted by atomic mass is 79.9. The largest absolute Gasteiger partial charge is 0.247 e. The SMILES string of the molecule is F[C@@H](CBr)CC1CCCCC1. The van der Waals surface area contributed by atoms with Gasteiger partial charge in [0.2, 0.25) is 0 Å². The van der Waals surface area contributed by atoms with Crippen LogP contribution in [0.15, 0.2) is 0 Å². The third-order valence-electron chi connectivity index (χ3n) is 2.48. The first kappa shape index (κ1) is 9.50. The van der Waals surface area contributed by atoms with Gasteiger partial charge in [0, 0.05) is 5.33 Å². The lowest BCUT2D eigenvalue weighted by atomic mass is 9.86. The molecule has 0 nitrogen and oxygen atoms in total. The van der Waals surface area contributed by atoms with Crippen LogP contribution in [0.2, 0.25) is 0 Å². The fourth-order valence-corrected chi connectivity index (χ4v) is 2.11. The molecule has 0 aromatic carbocycles. The van der Waals surface area contributed by atoms with Crippen molar-refractivity contribution in [2.24, 2.45) is 5.92 Å². The summed E-state index contributed by atoms with van der Waals surface area (Å²) in [5.41, 5.74) is 0. The monoisotopic (exact) mass is 222 g/mol. The zero-order chi connectivity index (χ0) is 8.10. The number of hydrogen-bond acceptors (Lipinski definition) is 0. The lowest BCUT2D eigenvalue weighted by molar-refractivity contribution is 0.249. The van der Waals surface area contributed by atoms with Gasteiger partial charge in [-0.1, -0.05) is 48.0 Å². The molecule has 0 unspecified atom stereocenters. The van der Waals surface area contributed by atoms with E-state index in [1.165, 1.54) is 32.1 Å². The fraction of sp³-hybridized carbons (Fsp3) is 1.00. The molecule has 1 fully saturated rings. The predicted molar refractivity (Wildman–Crippen MR) is 49.9 cm³/mol. The van der Waals surface area contributed by atoms with Crippen LogP contribution in [0.4, 0.5) is 4.39 Å². The first-order valence-electron chi connectivity index (χ1n) is 4.53. The normalized spacial score (nSPS) is 23.5. The molecule has 1 saturated carbocycles. The molecule has 11 heavy (non-hydrogen) atoms. The minimum Gasteiger partial charge on any atom is -0.247 e. The fourth-order valence-electron chi connectivity index (χ4n) is 1.85. The van der Waals surface area contributed by atoms with Crippen LogP contribution in [0.5, 0.6) is 0 Å². The summed E-state index contributed by atoms with van der Waals surface area (Å²) in [6, 6.07) is 0. The van der Waals surface area contributed by atoms with E-state index in [-0.39, 0.29) is 0 Å². The number of alkyl halides is 2. The molecule has 1 atom stereocenters. The summed E-state index contributed by atoms with van der Waals surface area (Å²) in [4.78, 5) is 0. The molecule has 0 radical (unpaired) electrons. The van der Waals surface area contributed by atoms with Crippen LogP contribution in [-0.4, -0.2) is 11.5 Å². The van der Waals surface area contributed by atoms with E-state index in [9.17, 15) is 4.39 Å². The highest BCUT2D eigenvalue weighted by Crippen LogP contribution is 2.28. The molecule has 0 saturated heterocycles. The summed E-state index contributed by atoms with van der Waals surface area (Å²) >= 11 is 3.17. The van der Waals surface area contributed by atoms with Gasteiger partial charge in [-0.15, -0.1) is 0 Å². The first-order valence-corrected chi connectivity index (χ1v) is 5.65. The molecule has 0 spiro atoms. The van der Waals surface area contributed by atoms with Gasteiger partial charge < -0.3 is 0 Å². The Morgan fingerprint density at radius 3 is 2.45 bits per heavy atom. The smallest absolute Gasteiger partial charge is 0.110 e. The minimum absolute atomic E-state index is 0.517. The van der Waals surface area contributed by atoms with Gasteiger partial charge >= 0.3 is 0 Å². The van der Waals surface area contributed by atoms with Crippen molar-refractivity contribution in [2.45, 2.75) is 44.7 Å². The predicted octanol–water partition coefficient (Wildman–Crippen LogP) is 3.69. The molecule has 1 aliphatic rings.